The highest BCUT2D eigenvalue weighted by atomic mass is 16.7. The normalized spacial score (nSPS) is 20.3. The van der Waals surface area contributed by atoms with Gasteiger partial charge in [0.25, 0.3) is 17.5 Å². The van der Waals surface area contributed by atoms with Crippen molar-refractivity contribution in [2.45, 2.75) is 38.1 Å². The van der Waals surface area contributed by atoms with Gasteiger partial charge in [-0.25, -0.2) is 0 Å². The summed E-state index contributed by atoms with van der Waals surface area (Å²) in [5.41, 5.74) is 7.52. The maximum absolute atomic E-state index is 13.0. The van der Waals surface area contributed by atoms with Gasteiger partial charge in [-0.3, -0.25) is 29.5 Å². The lowest BCUT2D eigenvalue weighted by Crippen LogP contribution is -2.49. The molecule has 3 aliphatic rings. The molecule has 3 unspecified atom stereocenters. The molecule has 3 heterocycles. The lowest BCUT2D eigenvalue weighted by Gasteiger charge is -2.41. The number of nitro benzene ring substituents is 1. The highest BCUT2D eigenvalue weighted by Crippen LogP contribution is 2.39. The molecule has 1 N–H and O–H groups in total. The second-order valence-electron chi connectivity index (χ2n) is 14.0. The fourth-order valence-corrected chi connectivity index (χ4v) is 7.54. The Morgan fingerprint density at radius 1 is 0.704 bits per heavy atom. The first-order valence-electron chi connectivity index (χ1n) is 18.2. The van der Waals surface area contributed by atoms with Crippen LogP contribution in [0.3, 0.4) is 0 Å². The van der Waals surface area contributed by atoms with Gasteiger partial charge in [-0.1, -0.05) is 78.9 Å². The average Bonchev–Trinajstić information content (AvgIpc) is 3.46. The number of non-ortho nitro benzene ring substituents is 1. The van der Waals surface area contributed by atoms with E-state index in [-0.39, 0.29) is 47.8 Å². The molecule has 11 nitrogen and oxygen atoms in total. The van der Waals surface area contributed by atoms with Crippen LogP contribution in [0.25, 0.3) is 11.1 Å². The number of imide groups is 1. The number of aliphatic hydroxyl groups excluding tert-OH is 1. The van der Waals surface area contributed by atoms with Crippen LogP contribution in [0.4, 0.5) is 11.4 Å². The Bertz CT molecular complexity index is 2110. The van der Waals surface area contributed by atoms with E-state index < -0.39 is 6.29 Å². The second kappa shape index (κ2) is 15.3. The van der Waals surface area contributed by atoms with Gasteiger partial charge in [-0.15, -0.1) is 0 Å². The SMILES string of the molecule is O=C1c2ccccc2C(=O)N1Cc1cccc(-c2ccc(C3OC(CN4CCN(c5ccc([N+](=O)[O-])cc5)CC4)CC(c4ccc(CO)cc4)O3)cc2)c1. The number of amides is 2. The fraction of sp³-hybridized carbons (Fsp3) is 0.256. The molecule has 0 bridgehead atoms. The zero-order valence-corrected chi connectivity index (χ0v) is 29.6. The first-order valence-corrected chi connectivity index (χ1v) is 18.2. The standard InChI is InChI=1S/C43H40N4O7/c48-28-29-8-10-32(11-9-29)40-25-37(27-44-20-22-45(23-21-44)35-16-18-36(19-17-35)47(51)52)53-43(54-40)33-14-12-31(13-15-33)34-5-3-4-30(24-34)26-46-41(49)38-6-1-2-7-39(38)42(46)50/h1-19,24,37,40,43,48H,20-23,25-28H2. The summed E-state index contributed by atoms with van der Waals surface area (Å²) >= 11 is 0. The van der Waals surface area contributed by atoms with E-state index in [0.717, 1.165) is 71.8 Å². The van der Waals surface area contributed by atoms with Crippen molar-refractivity contribution < 1.29 is 29.1 Å². The molecule has 54 heavy (non-hydrogen) atoms. The van der Waals surface area contributed by atoms with Gasteiger partial charge in [0, 0.05) is 62.5 Å². The molecule has 2 fully saturated rings. The van der Waals surface area contributed by atoms with Crippen LogP contribution < -0.4 is 4.90 Å². The predicted octanol–water partition coefficient (Wildman–Crippen LogP) is 6.92. The van der Waals surface area contributed by atoms with E-state index in [9.17, 15) is 24.8 Å². The van der Waals surface area contributed by atoms with E-state index in [0.29, 0.717) is 17.5 Å². The number of piperazine rings is 1. The Balaban J connectivity index is 0.954. The Kier molecular flexibility index (Phi) is 10.0. The van der Waals surface area contributed by atoms with Crippen LogP contribution >= 0.6 is 0 Å². The number of carbonyl (C=O) groups excluding carboxylic acids is 2. The first kappa shape index (κ1) is 35.3. The van der Waals surface area contributed by atoms with E-state index in [4.69, 9.17) is 9.47 Å². The minimum atomic E-state index is -0.595. The van der Waals surface area contributed by atoms with E-state index in [1.165, 1.54) is 4.90 Å². The molecule has 8 rings (SSSR count). The number of nitrogens with zero attached hydrogens (tertiary/aromatic N) is 4. The molecule has 5 aromatic rings. The van der Waals surface area contributed by atoms with Gasteiger partial charge in [0.1, 0.15) is 0 Å². The summed E-state index contributed by atoms with van der Waals surface area (Å²) < 4.78 is 13.3. The monoisotopic (exact) mass is 724 g/mol. The Morgan fingerprint density at radius 3 is 2.02 bits per heavy atom. The summed E-state index contributed by atoms with van der Waals surface area (Å²) in [6, 6.07) is 37.5. The van der Waals surface area contributed by atoms with Gasteiger partial charge in [-0.2, -0.15) is 0 Å². The van der Waals surface area contributed by atoms with E-state index in [2.05, 4.69) is 9.80 Å². The highest BCUT2D eigenvalue weighted by molar-refractivity contribution is 6.21. The summed E-state index contributed by atoms with van der Waals surface area (Å²) in [5.74, 6) is -0.549. The number of carbonyl (C=O) groups is 2. The Labute approximate surface area is 313 Å². The third-order valence-electron chi connectivity index (χ3n) is 10.5. The third kappa shape index (κ3) is 7.39. The lowest BCUT2D eigenvalue weighted by atomic mass is 9.98. The summed E-state index contributed by atoms with van der Waals surface area (Å²) in [4.78, 5) is 42.6. The van der Waals surface area contributed by atoms with Crippen molar-refractivity contribution in [1.29, 1.82) is 0 Å². The van der Waals surface area contributed by atoms with Gasteiger partial charge in [0.15, 0.2) is 6.29 Å². The molecule has 3 atom stereocenters. The maximum atomic E-state index is 13.0. The van der Waals surface area contributed by atoms with E-state index in [1.807, 2.05) is 84.9 Å². The van der Waals surface area contributed by atoms with Crippen LogP contribution in [-0.2, 0) is 22.6 Å². The summed E-state index contributed by atoms with van der Waals surface area (Å²) in [7, 11) is 0. The number of nitro groups is 1. The van der Waals surface area contributed by atoms with Crippen molar-refractivity contribution in [3.63, 3.8) is 0 Å². The van der Waals surface area contributed by atoms with Crippen LogP contribution in [0.2, 0.25) is 0 Å². The van der Waals surface area contributed by atoms with E-state index >= 15 is 0 Å². The zero-order valence-electron chi connectivity index (χ0n) is 29.6. The van der Waals surface area contributed by atoms with Gasteiger partial charge in [-0.05, 0) is 58.1 Å². The summed E-state index contributed by atoms with van der Waals surface area (Å²) in [5, 5.41) is 20.7. The molecule has 0 spiro atoms. The van der Waals surface area contributed by atoms with Crippen molar-refractivity contribution in [1.82, 2.24) is 9.80 Å². The number of aliphatic hydroxyl groups is 1. The predicted molar refractivity (Wildman–Crippen MR) is 203 cm³/mol. The average molecular weight is 725 g/mol. The smallest absolute Gasteiger partial charge is 0.269 e. The number of hydrogen-bond acceptors (Lipinski definition) is 9. The lowest BCUT2D eigenvalue weighted by molar-refractivity contribution is -0.384. The molecule has 11 heteroatoms. The minimum Gasteiger partial charge on any atom is -0.392 e. The maximum Gasteiger partial charge on any atom is 0.269 e. The van der Waals surface area contributed by atoms with Crippen LogP contribution in [0.15, 0.2) is 121 Å². The van der Waals surface area contributed by atoms with Gasteiger partial charge in [0.2, 0.25) is 0 Å². The van der Waals surface area contributed by atoms with Crippen LogP contribution in [0.1, 0.15) is 61.8 Å². The summed E-state index contributed by atoms with van der Waals surface area (Å²) in [6.45, 7) is 4.17. The number of ether oxygens (including phenoxy) is 2. The molecule has 2 saturated heterocycles. The van der Waals surface area contributed by atoms with Crippen molar-refractivity contribution in [2.75, 3.05) is 37.6 Å². The quantitative estimate of drug-likeness (QED) is 0.0929. The molecule has 0 aromatic heterocycles. The number of hydrogen-bond donors (Lipinski definition) is 1. The van der Waals surface area contributed by atoms with Crippen LogP contribution in [-0.4, -0.2) is 70.5 Å². The van der Waals surface area contributed by atoms with Gasteiger partial charge in [0.05, 0.1) is 41.4 Å². The molecule has 0 radical (unpaired) electrons. The molecule has 274 valence electrons. The molecule has 3 aliphatic heterocycles. The molecule has 0 aliphatic carbocycles. The molecule has 5 aromatic carbocycles. The molecular formula is C43H40N4O7. The largest absolute Gasteiger partial charge is 0.392 e. The fourth-order valence-electron chi connectivity index (χ4n) is 7.54. The first-order chi connectivity index (χ1) is 26.3. The summed E-state index contributed by atoms with van der Waals surface area (Å²) in [6.07, 6.45) is -0.228. The molecular weight excluding hydrogens is 684 g/mol. The highest BCUT2D eigenvalue weighted by Gasteiger charge is 2.36. The molecule has 0 saturated carbocycles. The number of rotatable bonds is 10. The van der Waals surface area contributed by atoms with Gasteiger partial charge < -0.3 is 19.5 Å². The second-order valence-corrected chi connectivity index (χ2v) is 14.0. The van der Waals surface area contributed by atoms with Crippen molar-refractivity contribution >= 4 is 23.2 Å². The van der Waals surface area contributed by atoms with Crippen LogP contribution in [0, 0.1) is 10.1 Å². The van der Waals surface area contributed by atoms with E-state index in [1.54, 1.807) is 36.4 Å². The Hall–Kier alpha value is -5.72. The topological polar surface area (TPSA) is 126 Å². The minimum absolute atomic E-state index is 0.0238. The Morgan fingerprint density at radius 2 is 1.37 bits per heavy atom. The van der Waals surface area contributed by atoms with Crippen molar-refractivity contribution in [2.24, 2.45) is 0 Å². The molecule has 2 amide bonds. The third-order valence-corrected chi connectivity index (χ3v) is 10.5. The number of benzene rings is 5. The van der Waals surface area contributed by atoms with Crippen LogP contribution in [0.5, 0.6) is 0 Å². The van der Waals surface area contributed by atoms with Crippen molar-refractivity contribution in [3.05, 3.63) is 165 Å². The number of fused-ring (bicyclic) bond motifs is 1. The zero-order chi connectivity index (χ0) is 37.2. The van der Waals surface area contributed by atoms with Gasteiger partial charge >= 0.3 is 0 Å². The number of anilines is 1. The van der Waals surface area contributed by atoms with Crippen molar-refractivity contribution in [3.8, 4) is 11.1 Å².